The molecule has 1 aromatic rings. The molecule has 4 N–H and O–H groups in total. The highest BCUT2D eigenvalue weighted by atomic mass is 16.4. The molecule has 0 saturated carbocycles. The highest BCUT2D eigenvalue weighted by molar-refractivity contribution is 5.97. The van der Waals surface area contributed by atoms with Crippen molar-refractivity contribution in [2.24, 2.45) is 0 Å². The first-order valence-corrected chi connectivity index (χ1v) is 5.13. The van der Waals surface area contributed by atoms with Crippen LogP contribution in [0.25, 0.3) is 0 Å². The lowest BCUT2D eigenvalue weighted by Crippen LogP contribution is -2.38. The maximum absolute atomic E-state index is 11.6. The number of carboxylic acid groups (broad SMARTS) is 1. The number of anilines is 2. The number of nitrogens with one attached hydrogen (secondary N) is 1. The van der Waals surface area contributed by atoms with Crippen LogP contribution in [0.3, 0.4) is 0 Å². The maximum Gasteiger partial charge on any atom is 0.335 e. The van der Waals surface area contributed by atoms with Crippen LogP contribution in [0.5, 0.6) is 0 Å². The van der Waals surface area contributed by atoms with Crippen molar-refractivity contribution in [3.8, 4) is 0 Å². The van der Waals surface area contributed by atoms with E-state index in [4.69, 9.17) is 10.8 Å². The van der Waals surface area contributed by atoms with Gasteiger partial charge in [0.1, 0.15) is 0 Å². The molecule has 0 heterocycles. The van der Waals surface area contributed by atoms with E-state index in [9.17, 15) is 9.59 Å². The lowest BCUT2D eigenvalue weighted by atomic mass is 10.1. The van der Waals surface area contributed by atoms with Crippen molar-refractivity contribution in [2.45, 2.75) is 6.92 Å². The summed E-state index contributed by atoms with van der Waals surface area (Å²) in [6, 6.07) is 3.99. The lowest BCUT2D eigenvalue weighted by molar-refractivity contribution is 0.0697. The van der Waals surface area contributed by atoms with Gasteiger partial charge in [-0.1, -0.05) is 0 Å². The molecule has 0 saturated heterocycles. The van der Waals surface area contributed by atoms with Crippen LogP contribution >= 0.6 is 0 Å². The van der Waals surface area contributed by atoms with Crippen LogP contribution < -0.4 is 16.0 Å². The summed E-state index contributed by atoms with van der Waals surface area (Å²) in [7, 11) is 1.52. The van der Waals surface area contributed by atoms with Crippen LogP contribution in [0, 0.1) is 0 Å². The fraction of sp³-hybridized carbons (Fsp3) is 0.273. The molecule has 0 unspecified atom stereocenters. The number of carboxylic acids is 1. The molecule has 1 aromatic carbocycles. The number of hydrogen-bond donors (Lipinski definition) is 3. The van der Waals surface area contributed by atoms with Gasteiger partial charge in [0.05, 0.1) is 16.9 Å². The van der Waals surface area contributed by atoms with Gasteiger partial charge < -0.3 is 16.2 Å². The molecule has 0 aliphatic heterocycles. The van der Waals surface area contributed by atoms with Crippen LogP contribution in [0.1, 0.15) is 17.3 Å². The van der Waals surface area contributed by atoms with Gasteiger partial charge >= 0.3 is 12.0 Å². The Morgan fingerprint density at radius 2 is 2.12 bits per heavy atom. The minimum absolute atomic E-state index is 0.0965. The van der Waals surface area contributed by atoms with E-state index in [0.717, 1.165) is 0 Å². The first-order chi connectivity index (χ1) is 8.01. The molecule has 2 amide bonds. The van der Waals surface area contributed by atoms with E-state index in [1.807, 2.05) is 0 Å². The van der Waals surface area contributed by atoms with Crippen LogP contribution in [-0.4, -0.2) is 30.7 Å². The molecule has 0 spiro atoms. The van der Waals surface area contributed by atoms with Gasteiger partial charge in [0.25, 0.3) is 0 Å². The summed E-state index contributed by atoms with van der Waals surface area (Å²) in [6.07, 6.45) is 0. The van der Waals surface area contributed by atoms with Crippen LogP contribution in [-0.2, 0) is 0 Å². The number of amides is 2. The molecule has 92 valence electrons. The Hall–Kier alpha value is -2.24. The number of nitrogens with zero attached hydrogens (tertiary/aromatic N) is 1. The first kappa shape index (κ1) is 12.8. The topological polar surface area (TPSA) is 95.7 Å². The predicted octanol–water partition coefficient (Wildman–Crippen LogP) is 1.13. The van der Waals surface area contributed by atoms with Crippen molar-refractivity contribution in [3.05, 3.63) is 23.8 Å². The van der Waals surface area contributed by atoms with Crippen molar-refractivity contribution in [1.29, 1.82) is 0 Å². The lowest BCUT2D eigenvalue weighted by Gasteiger charge is -2.22. The molecular weight excluding hydrogens is 222 g/mol. The number of carbonyl (C=O) groups excluding carboxylic acids is 1. The standard InChI is InChI=1S/C11H15N3O3/c1-3-14(11(17)13-2)9-5-4-7(10(15)16)6-8(9)12/h4-6H,3,12H2,1-2H3,(H,13,17)(H,15,16). The first-order valence-electron chi connectivity index (χ1n) is 5.13. The molecule has 0 fully saturated rings. The van der Waals surface area contributed by atoms with Crippen LogP contribution in [0.2, 0.25) is 0 Å². The molecule has 1 rings (SSSR count). The number of rotatable bonds is 3. The third-order valence-corrected chi connectivity index (χ3v) is 2.34. The second-order valence-corrected chi connectivity index (χ2v) is 3.38. The van der Waals surface area contributed by atoms with Crippen LogP contribution in [0.4, 0.5) is 16.2 Å². The van der Waals surface area contributed by atoms with Crippen molar-refractivity contribution < 1.29 is 14.7 Å². The smallest absolute Gasteiger partial charge is 0.335 e. The van der Waals surface area contributed by atoms with Crippen molar-refractivity contribution in [3.63, 3.8) is 0 Å². The van der Waals surface area contributed by atoms with E-state index in [-0.39, 0.29) is 17.3 Å². The van der Waals surface area contributed by atoms with E-state index in [2.05, 4.69) is 5.32 Å². The third-order valence-electron chi connectivity index (χ3n) is 2.34. The van der Waals surface area contributed by atoms with E-state index in [1.165, 1.54) is 30.1 Å². The summed E-state index contributed by atoms with van der Waals surface area (Å²) < 4.78 is 0. The summed E-state index contributed by atoms with van der Waals surface area (Å²) >= 11 is 0. The summed E-state index contributed by atoms with van der Waals surface area (Å²) in [5, 5.41) is 11.3. The average molecular weight is 237 g/mol. The SMILES string of the molecule is CCN(C(=O)NC)c1ccc(C(=O)O)cc1N. The Morgan fingerprint density at radius 1 is 1.47 bits per heavy atom. The van der Waals surface area contributed by atoms with Crippen molar-refractivity contribution in [1.82, 2.24) is 5.32 Å². The molecular formula is C11H15N3O3. The Labute approximate surface area is 99.0 Å². The van der Waals surface area contributed by atoms with E-state index >= 15 is 0 Å². The Kier molecular flexibility index (Phi) is 3.92. The number of hydrogen-bond acceptors (Lipinski definition) is 3. The van der Waals surface area contributed by atoms with E-state index in [0.29, 0.717) is 12.2 Å². The number of nitrogen functional groups attached to an aromatic ring is 1. The second kappa shape index (κ2) is 5.20. The normalized spacial score (nSPS) is 9.76. The third kappa shape index (κ3) is 2.66. The molecule has 0 aliphatic carbocycles. The van der Waals surface area contributed by atoms with Gasteiger partial charge in [0.2, 0.25) is 0 Å². The van der Waals surface area contributed by atoms with E-state index in [1.54, 1.807) is 6.92 Å². The van der Waals surface area contributed by atoms with Gasteiger partial charge in [-0.3, -0.25) is 4.90 Å². The molecule has 6 heteroatoms. The number of aromatic carboxylic acids is 1. The largest absolute Gasteiger partial charge is 0.478 e. The highest BCUT2D eigenvalue weighted by Crippen LogP contribution is 2.24. The fourth-order valence-electron chi connectivity index (χ4n) is 1.49. The van der Waals surface area contributed by atoms with Gasteiger partial charge in [-0.05, 0) is 25.1 Å². The second-order valence-electron chi connectivity index (χ2n) is 3.38. The minimum atomic E-state index is -1.05. The summed E-state index contributed by atoms with van der Waals surface area (Å²) in [5.41, 5.74) is 6.60. The summed E-state index contributed by atoms with van der Waals surface area (Å²) in [6.45, 7) is 2.25. The average Bonchev–Trinajstić information content (AvgIpc) is 2.31. The summed E-state index contributed by atoms with van der Waals surface area (Å²) in [5.74, 6) is -1.05. The molecule has 0 radical (unpaired) electrons. The molecule has 0 aromatic heterocycles. The zero-order chi connectivity index (χ0) is 13.0. The zero-order valence-corrected chi connectivity index (χ0v) is 9.73. The van der Waals surface area contributed by atoms with Gasteiger partial charge in [-0.15, -0.1) is 0 Å². The van der Waals surface area contributed by atoms with Crippen molar-refractivity contribution >= 4 is 23.4 Å². The maximum atomic E-state index is 11.6. The van der Waals surface area contributed by atoms with Crippen LogP contribution in [0.15, 0.2) is 18.2 Å². The Morgan fingerprint density at radius 3 is 2.53 bits per heavy atom. The molecule has 0 bridgehead atoms. The highest BCUT2D eigenvalue weighted by Gasteiger charge is 2.16. The van der Waals surface area contributed by atoms with Gasteiger partial charge in [0.15, 0.2) is 0 Å². The van der Waals surface area contributed by atoms with E-state index < -0.39 is 5.97 Å². The monoisotopic (exact) mass is 237 g/mol. The number of carbonyl (C=O) groups is 2. The molecule has 6 nitrogen and oxygen atoms in total. The molecule has 0 atom stereocenters. The minimum Gasteiger partial charge on any atom is -0.478 e. The quantitative estimate of drug-likeness (QED) is 0.687. The van der Waals surface area contributed by atoms with Crippen molar-refractivity contribution in [2.75, 3.05) is 24.2 Å². The Bertz CT molecular complexity index is 446. The Balaban J connectivity index is 3.13. The predicted molar refractivity (Wildman–Crippen MR) is 65.3 cm³/mol. The van der Waals surface area contributed by atoms with Gasteiger partial charge in [-0.2, -0.15) is 0 Å². The van der Waals surface area contributed by atoms with Gasteiger partial charge in [0, 0.05) is 13.6 Å². The number of urea groups is 1. The molecule has 17 heavy (non-hydrogen) atoms. The summed E-state index contributed by atoms with van der Waals surface area (Å²) in [4.78, 5) is 23.7. The fourth-order valence-corrected chi connectivity index (χ4v) is 1.49. The molecule has 0 aliphatic rings. The van der Waals surface area contributed by atoms with Gasteiger partial charge in [-0.25, -0.2) is 9.59 Å². The number of benzene rings is 1. The number of nitrogens with two attached hydrogens (primary N) is 1. The zero-order valence-electron chi connectivity index (χ0n) is 9.73.